The van der Waals surface area contributed by atoms with Crippen LogP contribution in [0.4, 0.5) is 9.18 Å². The summed E-state index contributed by atoms with van der Waals surface area (Å²) in [6.45, 7) is 3.19. The zero-order valence-corrected chi connectivity index (χ0v) is 14.5. The number of carbonyl (C=O) groups excluding carboxylic acids is 2. The van der Waals surface area contributed by atoms with Gasteiger partial charge in [0.1, 0.15) is 0 Å². The number of amides is 2. The number of carbonyl (C=O) groups is 2. The molecule has 2 rings (SSSR count). The Bertz CT molecular complexity index is 754. The Morgan fingerprint density at radius 3 is 2.68 bits per heavy atom. The van der Waals surface area contributed by atoms with E-state index >= 15 is 0 Å². The number of methoxy groups -OCH3 is 1. The Morgan fingerprint density at radius 2 is 2.00 bits per heavy atom. The van der Waals surface area contributed by atoms with Crippen LogP contribution in [0.2, 0.25) is 0 Å². The summed E-state index contributed by atoms with van der Waals surface area (Å²) in [6, 6.07) is 5.95. The van der Waals surface area contributed by atoms with Gasteiger partial charge in [0, 0.05) is 0 Å². The van der Waals surface area contributed by atoms with Crippen molar-refractivity contribution in [3.63, 3.8) is 0 Å². The number of halogens is 1. The molecule has 10 heteroatoms. The zero-order chi connectivity index (χ0) is 18.4. The van der Waals surface area contributed by atoms with Crippen molar-refractivity contribution in [2.75, 3.05) is 7.11 Å². The Morgan fingerprint density at radius 1 is 1.28 bits per heavy atom. The van der Waals surface area contributed by atoms with Crippen molar-refractivity contribution in [3.8, 4) is 5.75 Å². The van der Waals surface area contributed by atoms with Gasteiger partial charge in [-0.1, -0.05) is 23.9 Å². The number of hydrogen-bond acceptors (Lipinski definition) is 8. The highest BCUT2D eigenvalue weighted by molar-refractivity contribution is 8.00. The fraction of sp³-hybridized carbons (Fsp3) is 0.333. The lowest BCUT2D eigenvalue weighted by Gasteiger charge is -2.11. The third-order valence-corrected chi connectivity index (χ3v) is 3.90. The quantitative estimate of drug-likeness (QED) is 0.775. The molecule has 8 nitrogen and oxygen atoms in total. The number of para-hydroxylation sites is 1. The highest BCUT2D eigenvalue weighted by atomic mass is 32.2. The predicted octanol–water partition coefficient (Wildman–Crippen LogP) is 2.71. The normalized spacial score (nSPS) is 13.0. The van der Waals surface area contributed by atoms with Crippen molar-refractivity contribution < 1.29 is 27.9 Å². The number of benzene rings is 1. The summed E-state index contributed by atoms with van der Waals surface area (Å²) in [5, 5.41) is 9.11. The monoisotopic (exact) mass is 369 g/mol. The van der Waals surface area contributed by atoms with Gasteiger partial charge >= 0.3 is 6.09 Å². The molecule has 0 radical (unpaired) electrons. The van der Waals surface area contributed by atoms with Gasteiger partial charge in [-0.2, -0.15) is 0 Å². The molecule has 2 aromatic rings. The Balaban J connectivity index is 1.96. The number of rotatable bonds is 6. The first-order valence-electron chi connectivity index (χ1n) is 7.20. The number of nitrogens with one attached hydrogen (secondary N) is 1. The topological polar surface area (TPSA) is 104 Å². The van der Waals surface area contributed by atoms with Gasteiger partial charge in [-0.05, 0) is 26.0 Å². The molecule has 1 N–H and O–H groups in total. The largest absolute Gasteiger partial charge is 0.478 e. The van der Waals surface area contributed by atoms with Crippen LogP contribution in [0.3, 0.4) is 0 Å². The first-order valence-corrected chi connectivity index (χ1v) is 8.08. The van der Waals surface area contributed by atoms with Crippen LogP contribution in [0.25, 0.3) is 0 Å². The average Bonchev–Trinajstić information content (AvgIpc) is 3.05. The SMILES string of the molecule is COC(=O)NC(=O)[C@H](C)Sc1nnc([C@H](C)Oc2ccccc2F)o1. The third kappa shape index (κ3) is 5.18. The average molecular weight is 369 g/mol. The summed E-state index contributed by atoms with van der Waals surface area (Å²) in [5.41, 5.74) is 0. The van der Waals surface area contributed by atoms with Gasteiger partial charge in [-0.15, -0.1) is 10.2 Å². The molecule has 0 saturated heterocycles. The molecule has 0 fully saturated rings. The molecular formula is C15H16FN3O5S. The van der Waals surface area contributed by atoms with Crippen LogP contribution >= 0.6 is 11.8 Å². The molecule has 0 saturated carbocycles. The van der Waals surface area contributed by atoms with Gasteiger partial charge in [-0.3, -0.25) is 10.1 Å². The van der Waals surface area contributed by atoms with Crippen LogP contribution in [-0.4, -0.2) is 34.6 Å². The molecule has 2 atom stereocenters. The van der Waals surface area contributed by atoms with Crippen molar-refractivity contribution in [1.29, 1.82) is 0 Å². The summed E-state index contributed by atoms with van der Waals surface area (Å²) in [7, 11) is 1.15. The van der Waals surface area contributed by atoms with Gasteiger partial charge in [0.15, 0.2) is 17.7 Å². The minimum Gasteiger partial charge on any atom is -0.478 e. The Hall–Kier alpha value is -2.62. The molecule has 25 heavy (non-hydrogen) atoms. The summed E-state index contributed by atoms with van der Waals surface area (Å²) in [6.07, 6.45) is -1.53. The molecule has 0 aliphatic heterocycles. The maximum Gasteiger partial charge on any atom is 0.413 e. The summed E-state index contributed by atoms with van der Waals surface area (Å²) >= 11 is 0.962. The zero-order valence-electron chi connectivity index (χ0n) is 13.7. The molecule has 0 unspecified atom stereocenters. The van der Waals surface area contributed by atoms with Gasteiger partial charge in [0.05, 0.1) is 12.4 Å². The molecular weight excluding hydrogens is 353 g/mol. The van der Waals surface area contributed by atoms with Crippen molar-refractivity contribution in [2.24, 2.45) is 0 Å². The molecule has 0 spiro atoms. The summed E-state index contributed by atoms with van der Waals surface area (Å²) < 4.78 is 28.8. The second-order valence-electron chi connectivity index (χ2n) is 4.84. The van der Waals surface area contributed by atoms with Crippen molar-refractivity contribution >= 4 is 23.8 Å². The smallest absolute Gasteiger partial charge is 0.413 e. The first kappa shape index (κ1) is 18.7. The predicted molar refractivity (Wildman–Crippen MR) is 85.6 cm³/mol. The highest BCUT2D eigenvalue weighted by Crippen LogP contribution is 2.27. The molecule has 1 aromatic heterocycles. The number of thioether (sulfide) groups is 1. The number of hydrogen-bond donors (Lipinski definition) is 1. The Labute approximate surface area is 147 Å². The van der Waals surface area contributed by atoms with Crippen LogP contribution in [-0.2, 0) is 9.53 Å². The fourth-order valence-electron chi connectivity index (χ4n) is 1.67. The number of ether oxygens (including phenoxy) is 2. The third-order valence-electron chi connectivity index (χ3n) is 2.97. The van der Waals surface area contributed by atoms with Crippen LogP contribution in [0.1, 0.15) is 25.8 Å². The number of nitrogens with zero attached hydrogens (tertiary/aromatic N) is 2. The van der Waals surface area contributed by atoms with Gasteiger partial charge in [-0.25, -0.2) is 9.18 Å². The molecule has 0 bridgehead atoms. The van der Waals surface area contributed by atoms with Crippen LogP contribution in [0.5, 0.6) is 5.75 Å². The second-order valence-corrected chi connectivity index (χ2v) is 6.13. The highest BCUT2D eigenvalue weighted by Gasteiger charge is 2.22. The van der Waals surface area contributed by atoms with E-state index in [9.17, 15) is 14.0 Å². The van der Waals surface area contributed by atoms with E-state index in [1.54, 1.807) is 26.0 Å². The van der Waals surface area contributed by atoms with E-state index in [1.165, 1.54) is 12.1 Å². The molecule has 134 valence electrons. The summed E-state index contributed by atoms with van der Waals surface area (Å²) in [5.74, 6) is -0.872. The van der Waals surface area contributed by atoms with E-state index in [2.05, 4.69) is 14.9 Å². The van der Waals surface area contributed by atoms with E-state index in [4.69, 9.17) is 9.15 Å². The van der Waals surface area contributed by atoms with Gasteiger partial charge in [0.25, 0.3) is 11.1 Å². The molecule has 2 amide bonds. The summed E-state index contributed by atoms with van der Waals surface area (Å²) in [4.78, 5) is 22.8. The number of imide groups is 1. The van der Waals surface area contributed by atoms with Gasteiger partial charge in [0.2, 0.25) is 5.91 Å². The molecule has 0 aliphatic rings. The van der Waals surface area contributed by atoms with E-state index in [0.29, 0.717) is 0 Å². The molecule has 0 aliphatic carbocycles. The van der Waals surface area contributed by atoms with E-state index < -0.39 is 29.2 Å². The molecule has 1 heterocycles. The van der Waals surface area contributed by atoms with Crippen LogP contribution < -0.4 is 10.1 Å². The molecule has 1 aromatic carbocycles. The van der Waals surface area contributed by atoms with Gasteiger partial charge < -0.3 is 13.9 Å². The minimum atomic E-state index is -0.851. The van der Waals surface area contributed by atoms with E-state index in [1.807, 2.05) is 5.32 Å². The number of aromatic nitrogens is 2. The lowest BCUT2D eigenvalue weighted by molar-refractivity contribution is -0.119. The lowest BCUT2D eigenvalue weighted by atomic mass is 10.3. The first-order chi connectivity index (χ1) is 11.9. The number of alkyl carbamates (subject to hydrolysis) is 1. The van der Waals surface area contributed by atoms with Crippen molar-refractivity contribution in [1.82, 2.24) is 15.5 Å². The van der Waals surface area contributed by atoms with Crippen LogP contribution in [0, 0.1) is 5.82 Å². The van der Waals surface area contributed by atoms with Crippen molar-refractivity contribution in [3.05, 3.63) is 36.0 Å². The standard InChI is InChI=1S/C15H16FN3O5S/c1-8(23-11-7-5-4-6-10(11)16)13-18-19-15(24-13)25-9(2)12(20)17-14(21)22-3/h4-9H,1-3H3,(H,17,20,21)/t8-,9-/m0/s1. The maximum atomic E-state index is 13.6. The minimum absolute atomic E-state index is 0.0632. The fourth-order valence-corrected chi connectivity index (χ4v) is 2.36. The van der Waals surface area contributed by atoms with Crippen LogP contribution in [0.15, 0.2) is 33.9 Å². The second kappa shape index (κ2) is 8.47. The van der Waals surface area contributed by atoms with Crippen molar-refractivity contribution in [2.45, 2.75) is 30.4 Å². The lowest BCUT2D eigenvalue weighted by Crippen LogP contribution is -2.35. The van der Waals surface area contributed by atoms with E-state index in [-0.39, 0.29) is 16.9 Å². The Kier molecular flexibility index (Phi) is 6.34. The maximum absolute atomic E-state index is 13.6. The van der Waals surface area contributed by atoms with E-state index in [0.717, 1.165) is 18.9 Å².